The predicted octanol–water partition coefficient (Wildman–Crippen LogP) is 3.59. The molecule has 88 valence electrons. The molecule has 2 nitrogen and oxygen atoms in total. The largest absolute Gasteiger partial charge is 0.349 e. The highest BCUT2D eigenvalue weighted by Crippen LogP contribution is 2.12. The first-order valence-corrected chi connectivity index (χ1v) is 6.62. The molecule has 4 heteroatoms. The Morgan fingerprint density at radius 3 is 2.88 bits per heavy atom. The van der Waals surface area contributed by atoms with Crippen LogP contribution in [0.1, 0.15) is 30.1 Å². The van der Waals surface area contributed by atoms with Gasteiger partial charge in [0.25, 0.3) is 5.91 Å². The second-order valence-corrected chi connectivity index (χ2v) is 4.86. The van der Waals surface area contributed by atoms with Crippen molar-refractivity contribution in [2.45, 2.75) is 25.8 Å². The topological polar surface area (TPSA) is 29.1 Å². The molecule has 1 rings (SSSR count). The molecule has 1 aromatic rings. The van der Waals surface area contributed by atoms with Gasteiger partial charge in [-0.25, -0.2) is 0 Å². The van der Waals surface area contributed by atoms with E-state index in [9.17, 15) is 4.79 Å². The third-order valence-corrected chi connectivity index (χ3v) is 3.08. The molecule has 0 radical (unpaired) electrons. The SMILES string of the molecule is CCC(CCCl)NC(=O)c1cccc(Br)c1. The first-order valence-electron chi connectivity index (χ1n) is 5.29. The fourth-order valence-electron chi connectivity index (χ4n) is 1.41. The van der Waals surface area contributed by atoms with E-state index in [1.165, 1.54) is 0 Å². The quantitative estimate of drug-likeness (QED) is 0.828. The molecule has 0 aromatic heterocycles. The number of alkyl halides is 1. The summed E-state index contributed by atoms with van der Waals surface area (Å²) in [6.07, 6.45) is 1.70. The van der Waals surface area contributed by atoms with E-state index >= 15 is 0 Å². The molecule has 1 amide bonds. The monoisotopic (exact) mass is 303 g/mol. The molecule has 1 N–H and O–H groups in total. The number of carbonyl (C=O) groups is 1. The zero-order valence-corrected chi connectivity index (χ0v) is 11.5. The zero-order chi connectivity index (χ0) is 12.0. The van der Waals surface area contributed by atoms with Gasteiger partial charge in [-0.1, -0.05) is 28.9 Å². The summed E-state index contributed by atoms with van der Waals surface area (Å²) in [6.45, 7) is 2.04. The highest BCUT2D eigenvalue weighted by atomic mass is 79.9. The van der Waals surface area contributed by atoms with Crippen molar-refractivity contribution in [2.75, 3.05) is 5.88 Å². The molecule has 0 bridgehead atoms. The second-order valence-electron chi connectivity index (χ2n) is 3.57. The molecule has 0 aliphatic rings. The Balaban J connectivity index is 2.64. The van der Waals surface area contributed by atoms with Crippen molar-refractivity contribution in [2.24, 2.45) is 0 Å². The summed E-state index contributed by atoms with van der Waals surface area (Å²) in [5.74, 6) is 0.523. The maximum absolute atomic E-state index is 11.9. The molecule has 16 heavy (non-hydrogen) atoms. The van der Waals surface area contributed by atoms with Gasteiger partial charge in [-0.15, -0.1) is 11.6 Å². The first kappa shape index (κ1) is 13.5. The van der Waals surface area contributed by atoms with E-state index in [1.54, 1.807) is 6.07 Å². The molecule has 1 unspecified atom stereocenters. The van der Waals surface area contributed by atoms with Gasteiger partial charge in [-0.3, -0.25) is 4.79 Å². The third-order valence-electron chi connectivity index (χ3n) is 2.37. The highest BCUT2D eigenvalue weighted by molar-refractivity contribution is 9.10. The molecule has 0 heterocycles. The van der Waals surface area contributed by atoms with E-state index < -0.39 is 0 Å². The van der Waals surface area contributed by atoms with E-state index in [0.29, 0.717) is 11.4 Å². The first-order chi connectivity index (χ1) is 7.67. The minimum Gasteiger partial charge on any atom is -0.349 e. The summed E-state index contributed by atoms with van der Waals surface area (Å²) < 4.78 is 0.908. The number of carbonyl (C=O) groups excluding carboxylic acids is 1. The number of halogens is 2. The minimum absolute atomic E-state index is 0.0433. The number of hydrogen-bond donors (Lipinski definition) is 1. The molecule has 0 aliphatic heterocycles. The van der Waals surface area contributed by atoms with Crippen LogP contribution in [0.3, 0.4) is 0 Å². The van der Waals surface area contributed by atoms with Gasteiger partial charge in [-0.05, 0) is 31.0 Å². The molecule has 0 aliphatic carbocycles. The van der Waals surface area contributed by atoms with Crippen LogP contribution in [0.2, 0.25) is 0 Å². The Morgan fingerprint density at radius 1 is 1.56 bits per heavy atom. The molecule has 0 saturated heterocycles. The Hall–Kier alpha value is -0.540. The van der Waals surface area contributed by atoms with Crippen molar-refractivity contribution < 1.29 is 4.79 Å². The average molecular weight is 305 g/mol. The maximum Gasteiger partial charge on any atom is 0.251 e. The summed E-state index contributed by atoms with van der Waals surface area (Å²) in [5, 5.41) is 2.97. The Morgan fingerprint density at radius 2 is 2.31 bits per heavy atom. The molecular weight excluding hydrogens is 289 g/mol. The number of rotatable bonds is 5. The predicted molar refractivity (Wildman–Crippen MR) is 71.0 cm³/mol. The van der Waals surface area contributed by atoms with E-state index in [1.807, 2.05) is 25.1 Å². The van der Waals surface area contributed by atoms with Crippen molar-refractivity contribution >= 4 is 33.4 Å². The van der Waals surface area contributed by atoms with Gasteiger partial charge in [0.05, 0.1) is 0 Å². The second kappa shape index (κ2) is 6.92. The normalized spacial score (nSPS) is 12.2. The van der Waals surface area contributed by atoms with Gasteiger partial charge >= 0.3 is 0 Å². The van der Waals surface area contributed by atoms with Crippen LogP contribution in [-0.2, 0) is 0 Å². The van der Waals surface area contributed by atoms with Crippen LogP contribution in [0.5, 0.6) is 0 Å². The van der Waals surface area contributed by atoms with Crippen LogP contribution < -0.4 is 5.32 Å². The lowest BCUT2D eigenvalue weighted by atomic mass is 10.1. The third kappa shape index (κ3) is 4.14. The van der Waals surface area contributed by atoms with Crippen LogP contribution >= 0.6 is 27.5 Å². The van der Waals surface area contributed by atoms with Gasteiger partial charge in [0, 0.05) is 22.0 Å². The number of benzene rings is 1. The van der Waals surface area contributed by atoms with Crippen molar-refractivity contribution in [1.29, 1.82) is 0 Å². The summed E-state index contributed by atoms with van der Waals surface area (Å²) >= 11 is 9.01. The van der Waals surface area contributed by atoms with E-state index in [4.69, 9.17) is 11.6 Å². The lowest BCUT2D eigenvalue weighted by Gasteiger charge is -2.15. The smallest absolute Gasteiger partial charge is 0.251 e. The number of nitrogens with one attached hydrogen (secondary N) is 1. The summed E-state index contributed by atoms with van der Waals surface area (Å²) in [5.41, 5.74) is 0.669. The van der Waals surface area contributed by atoms with Crippen molar-refractivity contribution in [3.8, 4) is 0 Å². The van der Waals surface area contributed by atoms with Gasteiger partial charge < -0.3 is 5.32 Å². The van der Waals surface area contributed by atoms with Crippen molar-refractivity contribution in [3.63, 3.8) is 0 Å². The van der Waals surface area contributed by atoms with Crippen LogP contribution in [0.25, 0.3) is 0 Å². The molecule has 0 saturated carbocycles. The fraction of sp³-hybridized carbons (Fsp3) is 0.417. The molecule has 0 spiro atoms. The molecular formula is C12H15BrClNO. The van der Waals surface area contributed by atoms with Gasteiger partial charge in [-0.2, -0.15) is 0 Å². The number of hydrogen-bond acceptors (Lipinski definition) is 1. The van der Waals surface area contributed by atoms with Crippen LogP contribution in [0, 0.1) is 0 Å². The maximum atomic E-state index is 11.9. The molecule has 0 fully saturated rings. The highest BCUT2D eigenvalue weighted by Gasteiger charge is 2.11. The van der Waals surface area contributed by atoms with Crippen LogP contribution in [-0.4, -0.2) is 17.8 Å². The van der Waals surface area contributed by atoms with Crippen LogP contribution in [0.4, 0.5) is 0 Å². The fourth-order valence-corrected chi connectivity index (χ4v) is 2.07. The van der Waals surface area contributed by atoms with Crippen LogP contribution in [0.15, 0.2) is 28.7 Å². The van der Waals surface area contributed by atoms with E-state index in [2.05, 4.69) is 21.2 Å². The lowest BCUT2D eigenvalue weighted by molar-refractivity contribution is 0.0935. The molecule has 1 aromatic carbocycles. The van der Waals surface area contributed by atoms with Crippen molar-refractivity contribution in [1.82, 2.24) is 5.32 Å². The van der Waals surface area contributed by atoms with E-state index in [-0.39, 0.29) is 11.9 Å². The van der Waals surface area contributed by atoms with Gasteiger partial charge in [0.1, 0.15) is 0 Å². The molecule has 1 atom stereocenters. The van der Waals surface area contributed by atoms with Gasteiger partial charge in [0.15, 0.2) is 0 Å². The Kier molecular flexibility index (Phi) is 5.85. The Labute approximate surface area is 110 Å². The summed E-state index contributed by atoms with van der Waals surface area (Å²) in [7, 11) is 0. The number of amides is 1. The Bertz CT molecular complexity index is 357. The lowest BCUT2D eigenvalue weighted by Crippen LogP contribution is -2.34. The van der Waals surface area contributed by atoms with E-state index in [0.717, 1.165) is 17.3 Å². The summed E-state index contributed by atoms with van der Waals surface area (Å²) in [6, 6.07) is 7.51. The summed E-state index contributed by atoms with van der Waals surface area (Å²) in [4.78, 5) is 11.9. The zero-order valence-electron chi connectivity index (χ0n) is 9.17. The minimum atomic E-state index is -0.0433. The van der Waals surface area contributed by atoms with Crippen molar-refractivity contribution in [3.05, 3.63) is 34.3 Å². The average Bonchev–Trinajstić information content (AvgIpc) is 2.28. The standard InChI is InChI=1S/C12H15BrClNO/c1-2-11(6-7-14)15-12(16)9-4-3-5-10(13)8-9/h3-5,8,11H,2,6-7H2,1H3,(H,15,16). The van der Waals surface area contributed by atoms with Gasteiger partial charge in [0.2, 0.25) is 0 Å².